The molecule has 146 valence electrons. The second kappa shape index (κ2) is 8.48. The van der Waals surface area contributed by atoms with Crippen LogP contribution in [-0.4, -0.2) is 42.9 Å². The molecule has 1 heterocycles. The lowest BCUT2D eigenvalue weighted by atomic mass is 10.1. The molecule has 8 nitrogen and oxygen atoms in total. The van der Waals surface area contributed by atoms with Gasteiger partial charge in [-0.15, -0.1) is 0 Å². The molecule has 1 aromatic heterocycles. The summed E-state index contributed by atoms with van der Waals surface area (Å²) in [6, 6.07) is 3.49. The molecular formula is C19H24N2O6. The Morgan fingerprint density at radius 1 is 1.11 bits per heavy atom. The highest BCUT2D eigenvalue weighted by molar-refractivity contribution is 5.93. The number of aromatic carboxylic acids is 1. The molecule has 2 aromatic rings. The van der Waals surface area contributed by atoms with Crippen molar-refractivity contribution in [2.75, 3.05) is 21.3 Å². The Bertz CT molecular complexity index is 831. The minimum absolute atomic E-state index is 0.0314. The lowest BCUT2D eigenvalue weighted by Crippen LogP contribution is -2.26. The summed E-state index contributed by atoms with van der Waals surface area (Å²) in [5, 5.41) is 12.2. The second-order valence-electron chi connectivity index (χ2n) is 6.04. The molecule has 0 aliphatic rings. The van der Waals surface area contributed by atoms with E-state index in [1.807, 2.05) is 0 Å². The lowest BCUT2D eigenvalue weighted by molar-refractivity contribution is -0.120. The Morgan fingerprint density at radius 2 is 1.70 bits per heavy atom. The summed E-state index contributed by atoms with van der Waals surface area (Å²) in [5.41, 5.74) is 2.01. The van der Waals surface area contributed by atoms with Gasteiger partial charge in [-0.2, -0.15) is 0 Å². The maximum absolute atomic E-state index is 12.3. The average Bonchev–Trinajstić information content (AvgIpc) is 2.92. The summed E-state index contributed by atoms with van der Waals surface area (Å²) in [6.07, 6.45) is 1.67. The zero-order valence-electron chi connectivity index (χ0n) is 16.1. The highest BCUT2D eigenvalue weighted by Gasteiger charge is 2.20. The first-order chi connectivity index (χ1) is 12.8. The Kier molecular flexibility index (Phi) is 6.33. The number of nitrogens with zero attached hydrogens (tertiary/aromatic N) is 1. The number of rotatable bonds is 8. The van der Waals surface area contributed by atoms with Gasteiger partial charge in [-0.05, 0) is 30.2 Å². The van der Waals surface area contributed by atoms with Gasteiger partial charge in [-0.25, -0.2) is 4.79 Å². The van der Waals surface area contributed by atoms with Gasteiger partial charge in [0.25, 0.3) is 0 Å². The number of carboxylic acids is 1. The van der Waals surface area contributed by atoms with Crippen LogP contribution in [0.5, 0.6) is 17.2 Å². The second-order valence-corrected chi connectivity index (χ2v) is 6.04. The van der Waals surface area contributed by atoms with Crippen molar-refractivity contribution in [3.63, 3.8) is 0 Å². The summed E-state index contributed by atoms with van der Waals surface area (Å²) < 4.78 is 17.5. The number of hydrogen-bond acceptors (Lipinski definition) is 5. The van der Waals surface area contributed by atoms with E-state index in [1.165, 1.54) is 21.3 Å². The van der Waals surface area contributed by atoms with Gasteiger partial charge in [0.1, 0.15) is 0 Å². The normalized spacial score (nSPS) is 10.4. The van der Waals surface area contributed by atoms with Crippen molar-refractivity contribution >= 4 is 11.9 Å². The molecule has 0 aliphatic carbocycles. The topological polar surface area (TPSA) is 99.0 Å². The van der Waals surface area contributed by atoms with Crippen LogP contribution in [0, 0.1) is 6.92 Å². The van der Waals surface area contributed by atoms with Crippen LogP contribution in [-0.2, 0) is 24.8 Å². The van der Waals surface area contributed by atoms with E-state index in [0.29, 0.717) is 28.5 Å². The molecule has 0 bridgehead atoms. The number of hydrogen-bond donors (Lipinski definition) is 2. The number of carbonyl (C=O) groups is 2. The largest absolute Gasteiger partial charge is 0.493 e. The number of ether oxygens (including phenoxy) is 3. The predicted molar refractivity (Wildman–Crippen MR) is 98.8 cm³/mol. The number of nitrogens with one attached hydrogen (secondary N) is 1. The highest BCUT2D eigenvalue weighted by atomic mass is 16.5. The fourth-order valence-corrected chi connectivity index (χ4v) is 2.99. The first-order valence-corrected chi connectivity index (χ1v) is 8.26. The van der Waals surface area contributed by atoms with Crippen LogP contribution in [0.1, 0.15) is 27.2 Å². The fourth-order valence-electron chi connectivity index (χ4n) is 2.99. The predicted octanol–water partition coefficient (Wildman–Crippen LogP) is 1.92. The van der Waals surface area contributed by atoms with E-state index in [9.17, 15) is 14.7 Å². The maximum atomic E-state index is 12.3. The third-order valence-corrected chi connectivity index (χ3v) is 4.25. The van der Waals surface area contributed by atoms with E-state index in [2.05, 4.69) is 5.32 Å². The number of carbonyl (C=O) groups excluding carboxylic acids is 1. The summed E-state index contributed by atoms with van der Waals surface area (Å²) in [5.74, 6) is 0.132. The molecule has 1 aromatic carbocycles. The summed E-state index contributed by atoms with van der Waals surface area (Å²) in [7, 11) is 6.28. The zero-order chi connectivity index (χ0) is 20.1. The zero-order valence-corrected chi connectivity index (χ0v) is 16.1. The Labute approximate surface area is 157 Å². The number of aryl methyl sites for hydroxylation is 2. The van der Waals surface area contributed by atoms with Crippen molar-refractivity contribution in [1.29, 1.82) is 0 Å². The minimum Gasteiger partial charge on any atom is -0.493 e. The lowest BCUT2D eigenvalue weighted by Gasteiger charge is -2.14. The van der Waals surface area contributed by atoms with Crippen molar-refractivity contribution in [3.8, 4) is 17.2 Å². The molecule has 0 saturated carbocycles. The third kappa shape index (κ3) is 4.33. The quantitative estimate of drug-likeness (QED) is 0.730. The molecule has 2 N–H and O–H groups in total. The van der Waals surface area contributed by atoms with E-state index in [-0.39, 0.29) is 24.4 Å². The smallest absolute Gasteiger partial charge is 0.337 e. The van der Waals surface area contributed by atoms with Gasteiger partial charge >= 0.3 is 5.97 Å². The molecule has 8 heteroatoms. The van der Waals surface area contributed by atoms with Crippen LogP contribution < -0.4 is 19.5 Å². The SMILES string of the molecule is COc1cc(CNC(=O)Cc2c(C(=O)O)c(C)cn2C)cc(OC)c1OC. The van der Waals surface area contributed by atoms with Crippen LogP contribution in [0.4, 0.5) is 0 Å². The van der Waals surface area contributed by atoms with Gasteiger partial charge in [0, 0.05) is 25.5 Å². The molecule has 0 unspecified atom stereocenters. The highest BCUT2D eigenvalue weighted by Crippen LogP contribution is 2.38. The molecule has 0 saturated heterocycles. The number of aromatic nitrogens is 1. The van der Waals surface area contributed by atoms with Gasteiger partial charge in [0.15, 0.2) is 11.5 Å². The van der Waals surface area contributed by atoms with Crippen molar-refractivity contribution in [3.05, 3.63) is 40.7 Å². The molecule has 0 aliphatic heterocycles. The first-order valence-electron chi connectivity index (χ1n) is 8.26. The van der Waals surface area contributed by atoms with Gasteiger partial charge in [-0.1, -0.05) is 0 Å². The Hall–Kier alpha value is -3.16. The Balaban J connectivity index is 2.14. The number of carboxylic acid groups (broad SMARTS) is 1. The van der Waals surface area contributed by atoms with E-state index >= 15 is 0 Å². The molecule has 27 heavy (non-hydrogen) atoms. The first kappa shape index (κ1) is 20.2. The standard InChI is InChI=1S/C19H24N2O6/c1-11-10-21(2)13(17(11)19(23)24)8-16(22)20-9-12-6-14(25-3)18(27-5)15(7-12)26-4/h6-7,10H,8-9H2,1-5H3,(H,20,22)(H,23,24). The van der Waals surface area contributed by atoms with E-state index in [4.69, 9.17) is 14.2 Å². The molecule has 0 spiro atoms. The van der Waals surface area contributed by atoms with Crippen molar-refractivity contribution in [2.24, 2.45) is 7.05 Å². The summed E-state index contributed by atoms with van der Waals surface area (Å²) >= 11 is 0. The van der Waals surface area contributed by atoms with Gasteiger partial charge < -0.3 is 29.2 Å². The number of benzene rings is 1. The molecule has 1 amide bonds. The molecular weight excluding hydrogens is 352 g/mol. The van der Waals surface area contributed by atoms with Crippen molar-refractivity contribution < 1.29 is 28.9 Å². The molecule has 0 atom stereocenters. The minimum atomic E-state index is -1.04. The monoisotopic (exact) mass is 376 g/mol. The third-order valence-electron chi connectivity index (χ3n) is 4.25. The van der Waals surface area contributed by atoms with Gasteiger partial charge in [-0.3, -0.25) is 4.79 Å². The van der Waals surface area contributed by atoms with Crippen LogP contribution in [0.25, 0.3) is 0 Å². The van der Waals surface area contributed by atoms with E-state index < -0.39 is 5.97 Å². The average molecular weight is 376 g/mol. The molecule has 2 rings (SSSR count). The fraction of sp³-hybridized carbons (Fsp3) is 0.368. The molecule has 0 fully saturated rings. The van der Waals surface area contributed by atoms with Crippen molar-refractivity contribution in [1.82, 2.24) is 9.88 Å². The van der Waals surface area contributed by atoms with E-state index in [1.54, 1.807) is 36.9 Å². The maximum Gasteiger partial charge on any atom is 0.337 e. The molecule has 0 radical (unpaired) electrons. The number of amides is 1. The number of methoxy groups -OCH3 is 3. The van der Waals surface area contributed by atoms with Crippen LogP contribution in [0.15, 0.2) is 18.3 Å². The van der Waals surface area contributed by atoms with Crippen LogP contribution in [0.2, 0.25) is 0 Å². The van der Waals surface area contributed by atoms with Crippen molar-refractivity contribution in [2.45, 2.75) is 19.9 Å². The van der Waals surface area contributed by atoms with E-state index in [0.717, 1.165) is 5.56 Å². The van der Waals surface area contributed by atoms with Gasteiger partial charge in [0.05, 0.1) is 33.3 Å². The van der Waals surface area contributed by atoms with Crippen LogP contribution >= 0.6 is 0 Å². The summed E-state index contributed by atoms with van der Waals surface area (Å²) in [6.45, 7) is 1.95. The Morgan fingerprint density at radius 3 is 2.19 bits per heavy atom. The van der Waals surface area contributed by atoms with Gasteiger partial charge in [0.2, 0.25) is 11.7 Å². The van der Waals surface area contributed by atoms with Crippen LogP contribution in [0.3, 0.4) is 0 Å². The summed E-state index contributed by atoms with van der Waals surface area (Å²) in [4.78, 5) is 23.8.